The first-order chi connectivity index (χ1) is 60.3. The van der Waals surface area contributed by atoms with Crippen molar-refractivity contribution in [3.8, 4) is 0 Å². The van der Waals surface area contributed by atoms with Gasteiger partial charge in [-0.1, -0.05) is 153 Å². The molecule has 8 aliphatic rings. The second kappa shape index (κ2) is 64.7. The molecule has 0 spiro atoms. The molecule has 712 valence electrons. The molecule has 0 aliphatic heterocycles. The second-order valence-corrected chi connectivity index (χ2v) is 34.7. The van der Waals surface area contributed by atoms with Crippen molar-refractivity contribution in [1.29, 1.82) is 0 Å². The number of nitrogens with zero attached hydrogens (tertiary/aromatic N) is 7. The lowest BCUT2D eigenvalue weighted by Crippen LogP contribution is -2.37. The van der Waals surface area contributed by atoms with Crippen LogP contribution in [0.2, 0.25) is 0 Å². The van der Waals surface area contributed by atoms with E-state index in [0.29, 0.717) is 127 Å². The van der Waals surface area contributed by atoms with Gasteiger partial charge in [-0.25, -0.2) is 9.78 Å². The molecule has 14 atom stereocenters. The molecule has 11 rings (SSSR count). The summed E-state index contributed by atoms with van der Waals surface area (Å²) in [5.41, 5.74) is 16.1. The van der Waals surface area contributed by atoms with E-state index in [1.807, 2.05) is 70.3 Å². The van der Waals surface area contributed by atoms with Crippen LogP contribution in [0.3, 0.4) is 0 Å². The van der Waals surface area contributed by atoms with Crippen molar-refractivity contribution >= 4 is 58.8 Å². The third kappa shape index (κ3) is 42.0. The van der Waals surface area contributed by atoms with Crippen molar-refractivity contribution < 1.29 is 105 Å². The molecule has 5 N–H and O–H groups in total. The molecule has 31 heteroatoms. The fourth-order valence-corrected chi connectivity index (χ4v) is 16.9. The zero-order chi connectivity index (χ0) is 91.7. The highest BCUT2D eigenvalue weighted by atomic mass is 16.7. The number of carbonyl (C=O) groups is 7. The largest absolute Gasteiger partial charge is 0.466 e. The number of anilines is 2. The Morgan fingerprint density at radius 3 is 1.48 bits per heavy atom. The summed E-state index contributed by atoms with van der Waals surface area (Å²) in [4.78, 5) is 90.5. The normalized spacial score (nSPS) is 24.8. The Balaban J connectivity index is 0.000000315. The summed E-state index contributed by atoms with van der Waals surface area (Å²) in [5, 5.41) is 30.4. The molecule has 31 nitrogen and oxygen atoms in total. The number of methoxy groups -OCH3 is 4. The van der Waals surface area contributed by atoms with Gasteiger partial charge in [0.05, 0.1) is 81.5 Å². The number of benzene rings is 1. The molecule has 1 amide bonds. The van der Waals surface area contributed by atoms with Gasteiger partial charge in [-0.05, 0) is 192 Å². The molecule has 8 saturated carbocycles. The Morgan fingerprint density at radius 2 is 1.01 bits per heavy atom. The van der Waals surface area contributed by atoms with Crippen LogP contribution in [-0.2, 0) is 96.9 Å². The topological polar surface area (TPSA) is 400 Å². The van der Waals surface area contributed by atoms with Crippen LogP contribution in [0, 0.1) is 53.3 Å². The minimum Gasteiger partial charge on any atom is -0.466 e. The van der Waals surface area contributed by atoms with Gasteiger partial charge in [0, 0.05) is 83.4 Å². The molecule has 0 radical (unpaired) electrons. The second-order valence-electron chi connectivity index (χ2n) is 34.7. The van der Waals surface area contributed by atoms with Crippen molar-refractivity contribution in [2.24, 2.45) is 64.1 Å². The number of nitrogens with two attached hydrogens (primary N) is 1. The number of nitrogens with one attached hydrogen (secondary N) is 1. The fourth-order valence-electron chi connectivity index (χ4n) is 16.9. The number of aromatic nitrogens is 3. The summed E-state index contributed by atoms with van der Waals surface area (Å²) in [7, 11) is 6.48. The van der Waals surface area contributed by atoms with E-state index in [9.17, 15) is 38.7 Å². The van der Waals surface area contributed by atoms with E-state index in [-0.39, 0.29) is 84.9 Å². The van der Waals surface area contributed by atoms with E-state index in [1.54, 1.807) is 58.6 Å². The van der Waals surface area contributed by atoms with Gasteiger partial charge in [0.25, 0.3) is 0 Å². The molecule has 2 unspecified atom stereocenters. The van der Waals surface area contributed by atoms with Crippen LogP contribution < -0.4 is 16.0 Å². The maximum Gasteiger partial charge on any atom is 0.416 e. The molecule has 8 fully saturated rings. The minimum absolute atomic E-state index is 0.0299. The van der Waals surface area contributed by atoms with Crippen molar-refractivity contribution in [2.45, 2.75) is 323 Å². The highest BCUT2D eigenvalue weighted by molar-refractivity contribution is 6.00. The van der Waals surface area contributed by atoms with Gasteiger partial charge in [0.1, 0.15) is 67.8 Å². The molecule has 0 saturated heterocycles. The zero-order valence-electron chi connectivity index (χ0n) is 78.3. The number of amides is 1. The monoisotopic (exact) mass is 1770 g/mol. The van der Waals surface area contributed by atoms with Gasteiger partial charge in [-0.15, -0.1) is 0 Å². The van der Waals surface area contributed by atoms with Crippen molar-refractivity contribution in [2.75, 3.05) is 118 Å². The average Bonchev–Trinajstić information content (AvgIpc) is 1.64. The average molecular weight is 1770 g/mol. The molecular weight excluding hydrogens is 1610 g/mol. The van der Waals surface area contributed by atoms with Gasteiger partial charge >= 0.3 is 30.0 Å². The van der Waals surface area contributed by atoms with Gasteiger partial charge < -0.3 is 82.8 Å². The van der Waals surface area contributed by atoms with Crippen LogP contribution in [0.15, 0.2) is 47.7 Å². The van der Waals surface area contributed by atoms with Crippen LogP contribution >= 0.6 is 0 Å². The zero-order valence-corrected chi connectivity index (χ0v) is 78.3. The Hall–Kier alpha value is -7.00. The number of ketones is 2. The Morgan fingerprint density at radius 1 is 0.576 bits per heavy atom. The van der Waals surface area contributed by atoms with Crippen LogP contribution in [-0.4, -0.2) is 211 Å². The molecule has 0 bridgehead atoms. The van der Waals surface area contributed by atoms with Crippen LogP contribution in [0.25, 0.3) is 16.1 Å². The number of aliphatic hydroxyl groups excluding tert-OH is 2. The Kier molecular flexibility index (Phi) is 57.1. The summed E-state index contributed by atoms with van der Waals surface area (Å²) in [6.45, 7) is 25.1. The first-order valence-electron chi connectivity index (χ1n) is 46.6. The first-order valence-corrected chi connectivity index (χ1v) is 46.6. The summed E-state index contributed by atoms with van der Waals surface area (Å²) >= 11 is 0. The van der Waals surface area contributed by atoms with Crippen molar-refractivity contribution in [3.05, 3.63) is 64.2 Å². The maximum absolute atomic E-state index is 13.5. The van der Waals surface area contributed by atoms with E-state index in [2.05, 4.69) is 41.2 Å². The molecule has 8 aliphatic carbocycles. The fraction of sp³-hybridized carbons (Fsp3) is 0.798. The van der Waals surface area contributed by atoms with Gasteiger partial charge in [0.2, 0.25) is 0 Å². The van der Waals surface area contributed by atoms with Gasteiger partial charge in [-0.3, -0.25) is 33.7 Å². The van der Waals surface area contributed by atoms with Crippen LogP contribution in [0.4, 0.5) is 16.4 Å². The van der Waals surface area contributed by atoms with Gasteiger partial charge in [0.15, 0.2) is 5.65 Å². The number of carbonyl (C=O) groups excluding carboxylic acids is 7. The lowest BCUT2D eigenvalue weighted by Gasteiger charge is -2.30. The molecular formula is C94H159N9O22. The molecule has 2 aromatic heterocycles. The van der Waals surface area contributed by atoms with Crippen molar-refractivity contribution in [3.63, 3.8) is 0 Å². The summed E-state index contributed by atoms with van der Waals surface area (Å²) in [6.07, 6.45) is 34.7. The van der Waals surface area contributed by atoms with E-state index >= 15 is 0 Å². The lowest BCUT2D eigenvalue weighted by molar-refractivity contribution is -0.162. The summed E-state index contributed by atoms with van der Waals surface area (Å²) in [6, 6.07) is 11.9. The molecule has 2 heterocycles. The maximum atomic E-state index is 13.5. The molecule has 125 heavy (non-hydrogen) atoms. The number of Topliss-reactive ketones (excluding diaryl/α,β-unsaturated/α-hetero) is 2. The lowest BCUT2D eigenvalue weighted by atomic mass is 9.80. The van der Waals surface area contributed by atoms with E-state index in [0.717, 1.165) is 145 Å². The summed E-state index contributed by atoms with van der Waals surface area (Å²) < 4.78 is 68.5. The Labute approximate surface area is 745 Å². The number of aliphatic hydroxyl groups is 2. The molecule has 3 aromatic rings. The quantitative estimate of drug-likeness (QED) is 0.00884. The third-order valence-corrected chi connectivity index (χ3v) is 23.9. The van der Waals surface area contributed by atoms with E-state index in [4.69, 9.17) is 82.9 Å². The van der Waals surface area contributed by atoms with Crippen LogP contribution in [0.1, 0.15) is 292 Å². The number of fused-ring (bicyclic) bond motifs is 1. The number of rotatable bonds is 31. The highest BCUT2D eigenvalue weighted by Gasteiger charge is 2.36. The summed E-state index contributed by atoms with van der Waals surface area (Å²) in [5.74, 6) is 2.03. The third-order valence-electron chi connectivity index (χ3n) is 23.9. The predicted molar refractivity (Wildman–Crippen MR) is 479 cm³/mol. The highest BCUT2D eigenvalue weighted by Crippen LogP contribution is 2.35. The van der Waals surface area contributed by atoms with E-state index in [1.165, 1.54) is 70.6 Å². The van der Waals surface area contributed by atoms with Gasteiger partial charge in [-0.2, -0.15) is 9.61 Å². The number of ether oxygens (including phenoxy) is 13. The predicted octanol–water partition coefficient (Wildman–Crippen LogP) is 17.2. The number of hydrogen-bond donors (Lipinski definition) is 4. The van der Waals surface area contributed by atoms with Crippen molar-refractivity contribution in [1.82, 2.24) is 14.6 Å². The number of esters is 4. The number of hydrogen-bond acceptors (Lipinski definition) is 27. The Bertz CT molecular complexity index is 3440. The first kappa shape index (κ1) is 110. The van der Waals surface area contributed by atoms with E-state index < -0.39 is 29.6 Å². The SMILES string of the molecule is CC(C)c1cnn2c(N(Cc3ccccc3)C(=O)OC(C)(C)C)cc(NC[C@H]3CCCC[C@@H]3C)nc12.CCOC(=O)C1CCCCC1=O.CCOC(=O)C1CCCCC1=O.CCOC(=O)[C@H]1CCCC[C@@H]1O.CCOC(=O)[C@H]1CCCC[C@@H]1OCOC.COCO[C@H]1CCCC[C@@H]1CN.COCO[C@H]1CCCC[C@@H]1CN=[N+]=[N-].COCO[C@H]1CCCC[C@@H]1CO. The minimum atomic E-state index is -0.621. The smallest absolute Gasteiger partial charge is 0.416 e. The van der Waals surface area contributed by atoms with Crippen LogP contribution in [0.5, 0.6) is 0 Å². The standard InChI is InChI=1S/C29H41N5O2.C11H20O4.C9H17N3O2.C9H19NO2.C9H18O3.C9H16O3.2C9H14O3/c1-20(2)24-18-31-34-26(16-25(32-27(24)34)30-17-23-15-11-10-12-21(23)3)33(28(35)36-29(4,5)6)19-22-13-8-7-9-14-22;1-3-14-11(12)9-6-4-5-7-10(9)15-8-13-2;1-13-7-14-9-5-3-2-4-8(9)6-11-12-10;2*1-11-7-12-9-5-3-2-4-8(9)6-10;3*1-2-12-9(11)7-5-3-4-6-8(7)10/h7-9,13-14,16,18,20-21,23H,10-12,15,17,19H2,1-6H3,(H,30,32);9-10H,3-8H2,1-2H3;8-9H,2-7H2,1H3;8-9H,2-7,10H2,1H3;8-10H,2-7H2,1H3;7-8,10H,2-6H2,1H3;2*7H,2-6H2,1H3/t21-,23+;9-,10-;3*8-,9+;7-,8-;;/m001110../s1. The molecule has 1 aromatic carbocycles. The number of azide groups is 1.